The molecule has 9 heteroatoms. The van der Waals surface area contributed by atoms with Gasteiger partial charge in [-0.15, -0.1) is 10.2 Å². The van der Waals surface area contributed by atoms with Gasteiger partial charge in [-0.3, -0.25) is 9.59 Å². The van der Waals surface area contributed by atoms with Gasteiger partial charge in [0.1, 0.15) is 6.54 Å². The summed E-state index contributed by atoms with van der Waals surface area (Å²) < 4.78 is 0.952. The second kappa shape index (κ2) is 7.64. The lowest BCUT2D eigenvalue weighted by molar-refractivity contribution is -0.126. The second-order valence-corrected chi connectivity index (χ2v) is 5.30. The number of rotatable bonds is 6. The maximum Gasteiger partial charge on any atom is 0.244 e. The van der Waals surface area contributed by atoms with Crippen LogP contribution in [0.1, 0.15) is 6.92 Å². The minimum atomic E-state index is -0.356. The highest BCUT2D eigenvalue weighted by atomic mass is 79.9. The fraction of sp³-hybridized carbons (Fsp3) is 0.308. The zero-order valence-electron chi connectivity index (χ0n) is 11.9. The van der Waals surface area contributed by atoms with Gasteiger partial charge in [-0.1, -0.05) is 15.9 Å². The van der Waals surface area contributed by atoms with Crippen LogP contribution in [-0.4, -0.2) is 45.1 Å². The first-order valence-corrected chi connectivity index (χ1v) is 7.45. The summed E-state index contributed by atoms with van der Waals surface area (Å²) in [7, 11) is 0. The number of amides is 2. The molecule has 8 nitrogen and oxygen atoms in total. The number of nitrogens with zero attached hydrogens (tertiary/aromatic N) is 4. The summed E-state index contributed by atoms with van der Waals surface area (Å²) in [5.41, 5.74) is 0.803. The van der Waals surface area contributed by atoms with E-state index in [-0.39, 0.29) is 24.9 Å². The Hall–Kier alpha value is -2.29. The van der Waals surface area contributed by atoms with Crippen molar-refractivity contribution >= 4 is 27.7 Å². The number of nitrogens with one attached hydrogen (secondary N) is 2. The maximum atomic E-state index is 11.7. The monoisotopic (exact) mass is 366 g/mol. The van der Waals surface area contributed by atoms with E-state index in [0.717, 1.165) is 10.0 Å². The Morgan fingerprint density at radius 1 is 1.18 bits per heavy atom. The highest BCUT2D eigenvalue weighted by Gasteiger charge is 2.10. The normalized spacial score (nSPS) is 10.3. The smallest absolute Gasteiger partial charge is 0.244 e. The summed E-state index contributed by atoms with van der Waals surface area (Å²) in [6, 6.07) is 7.44. The molecule has 1 aromatic carbocycles. The number of hydrogen-bond donors (Lipinski definition) is 2. The van der Waals surface area contributed by atoms with E-state index in [1.807, 2.05) is 31.2 Å². The number of benzene rings is 1. The Morgan fingerprint density at radius 3 is 2.59 bits per heavy atom. The number of aromatic nitrogens is 4. The predicted molar refractivity (Wildman–Crippen MR) is 82.6 cm³/mol. The highest BCUT2D eigenvalue weighted by Crippen LogP contribution is 2.17. The van der Waals surface area contributed by atoms with Crippen molar-refractivity contribution in [1.29, 1.82) is 0 Å². The lowest BCUT2D eigenvalue weighted by atomic mass is 10.2. The van der Waals surface area contributed by atoms with Gasteiger partial charge in [0.05, 0.1) is 6.54 Å². The Kier molecular flexibility index (Phi) is 5.59. The molecule has 2 aromatic rings. The van der Waals surface area contributed by atoms with Gasteiger partial charge in [0.25, 0.3) is 0 Å². The van der Waals surface area contributed by atoms with E-state index in [1.54, 1.807) is 0 Å². The maximum absolute atomic E-state index is 11.7. The van der Waals surface area contributed by atoms with Gasteiger partial charge in [-0.2, -0.15) is 4.80 Å². The molecule has 2 rings (SSSR count). The summed E-state index contributed by atoms with van der Waals surface area (Å²) in [6.45, 7) is 2.17. The SMILES string of the molecule is CCNC(=O)CNC(=O)Cn1nnc(-c2ccc(Br)cc2)n1. The molecule has 0 saturated carbocycles. The Labute approximate surface area is 135 Å². The molecule has 2 N–H and O–H groups in total. The lowest BCUT2D eigenvalue weighted by Gasteiger charge is -2.04. The highest BCUT2D eigenvalue weighted by molar-refractivity contribution is 9.10. The first-order valence-electron chi connectivity index (χ1n) is 6.65. The molecule has 0 radical (unpaired) electrons. The van der Waals surface area contributed by atoms with Crippen molar-refractivity contribution in [2.45, 2.75) is 13.5 Å². The summed E-state index contributed by atoms with van der Waals surface area (Å²) >= 11 is 3.35. The van der Waals surface area contributed by atoms with Crippen LogP contribution in [0.15, 0.2) is 28.7 Å². The van der Waals surface area contributed by atoms with Crippen molar-refractivity contribution < 1.29 is 9.59 Å². The molecule has 1 aromatic heterocycles. The number of carbonyl (C=O) groups excluding carboxylic acids is 2. The van der Waals surface area contributed by atoms with Gasteiger partial charge in [-0.05, 0) is 36.4 Å². The third-order valence-electron chi connectivity index (χ3n) is 2.66. The van der Waals surface area contributed by atoms with Gasteiger partial charge >= 0.3 is 0 Å². The lowest BCUT2D eigenvalue weighted by Crippen LogP contribution is -2.38. The van der Waals surface area contributed by atoms with Gasteiger partial charge < -0.3 is 10.6 Å². The van der Waals surface area contributed by atoms with Crippen LogP contribution in [0.4, 0.5) is 0 Å². The quantitative estimate of drug-likeness (QED) is 0.768. The van der Waals surface area contributed by atoms with E-state index in [9.17, 15) is 9.59 Å². The molecule has 0 spiro atoms. The van der Waals surface area contributed by atoms with E-state index in [2.05, 4.69) is 42.0 Å². The van der Waals surface area contributed by atoms with Crippen LogP contribution in [0.3, 0.4) is 0 Å². The van der Waals surface area contributed by atoms with Crippen LogP contribution < -0.4 is 10.6 Å². The van der Waals surface area contributed by atoms with E-state index in [4.69, 9.17) is 0 Å². The molecular formula is C13H15BrN6O2. The Balaban J connectivity index is 1.90. The van der Waals surface area contributed by atoms with Crippen LogP contribution in [0, 0.1) is 0 Å². The summed E-state index contributed by atoms with van der Waals surface area (Å²) in [5.74, 6) is -0.159. The zero-order chi connectivity index (χ0) is 15.9. The molecule has 0 fully saturated rings. The van der Waals surface area contributed by atoms with E-state index >= 15 is 0 Å². The molecule has 116 valence electrons. The van der Waals surface area contributed by atoms with Crippen LogP contribution >= 0.6 is 15.9 Å². The van der Waals surface area contributed by atoms with Crippen molar-refractivity contribution in [3.8, 4) is 11.4 Å². The average Bonchev–Trinajstić information content (AvgIpc) is 2.95. The molecule has 0 aliphatic rings. The van der Waals surface area contributed by atoms with Crippen LogP contribution in [0.5, 0.6) is 0 Å². The number of likely N-dealkylation sites (N-methyl/N-ethyl adjacent to an activating group) is 1. The van der Waals surface area contributed by atoms with Gasteiger partial charge in [0.2, 0.25) is 17.6 Å². The van der Waals surface area contributed by atoms with Gasteiger partial charge in [0, 0.05) is 16.6 Å². The fourth-order valence-corrected chi connectivity index (χ4v) is 1.91. The van der Waals surface area contributed by atoms with Crippen molar-refractivity contribution in [3.05, 3.63) is 28.7 Å². The van der Waals surface area contributed by atoms with Gasteiger partial charge in [0.15, 0.2) is 0 Å². The minimum Gasteiger partial charge on any atom is -0.355 e. The van der Waals surface area contributed by atoms with Crippen molar-refractivity contribution in [2.75, 3.05) is 13.1 Å². The Bertz CT molecular complexity index is 655. The molecule has 1 heterocycles. The molecule has 0 aliphatic carbocycles. The van der Waals surface area contributed by atoms with Crippen LogP contribution in [0.2, 0.25) is 0 Å². The molecule has 0 saturated heterocycles. The second-order valence-electron chi connectivity index (χ2n) is 4.38. The van der Waals surface area contributed by atoms with Crippen molar-refractivity contribution in [1.82, 2.24) is 30.8 Å². The first-order chi connectivity index (χ1) is 10.6. The molecule has 0 aliphatic heterocycles. The van der Waals surface area contributed by atoms with E-state index in [0.29, 0.717) is 12.4 Å². The Morgan fingerprint density at radius 2 is 1.91 bits per heavy atom. The first kappa shape index (κ1) is 16.1. The summed E-state index contributed by atoms with van der Waals surface area (Å²) in [5, 5.41) is 16.9. The third-order valence-corrected chi connectivity index (χ3v) is 3.19. The largest absolute Gasteiger partial charge is 0.355 e. The van der Waals surface area contributed by atoms with E-state index < -0.39 is 0 Å². The molecule has 0 atom stereocenters. The van der Waals surface area contributed by atoms with Gasteiger partial charge in [-0.25, -0.2) is 0 Å². The standard InChI is InChI=1S/C13H15BrN6O2/c1-2-15-11(21)7-16-12(22)8-20-18-13(17-19-20)9-3-5-10(14)6-4-9/h3-6H,2,7-8H2,1H3,(H,15,21)(H,16,22). The summed E-state index contributed by atoms with van der Waals surface area (Å²) in [6.07, 6.45) is 0. The zero-order valence-corrected chi connectivity index (χ0v) is 13.5. The number of hydrogen-bond acceptors (Lipinski definition) is 5. The predicted octanol–water partition coefficient (Wildman–Crippen LogP) is 0.355. The number of carbonyl (C=O) groups is 2. The van der Waals surface area contributed by atoms with Crippen molar-refractivity contribution in [2.24, 2.45) is 0 Å². The minimum absolute atomic E-state index is 0.0685. The van der Waals surface area contributed by atoms with Crippen LogP contribution in [0.25, 0.3) is 11.4 Å². The molecule has 0 unspecified atom stereocenters. The number of halogens is 1. The molecule has 22 heavy (non-hydrogen) atoms. The number of tetrazole rings is 1. The molecular weight excluding hydrogens is 352 g/mol. The average molecular weight is 367 g/mol. The van der Waals surface area contributed by atoms with Crippen LogP contribution in [-0.2, 0) is 16.1 Å². The molecule has 0 bridgehead atoms. The topological polar surface area (TPSA) is 102 Å². The van der Waals surface area contributed by atoms with E-state index in [1.165, 1.54) is 4.80 Å². The fourth-order valence-electron chi connectivity index (χ4n) is 1.65. The molecule has 2 amide bonds. The third kappa shape index (κ3) is 4.62. The van der Waals surface area contributed by atoms with Crippen molar-refractivity contribution in [3.63, 3.8) is 0 Å². The summed E-state index contributed by atoms with van der Waals surface area (Å²) in [4.78, 5) is 24.1.